The van der Waals surface area contributed by atoms with Crippen LogP contribution in [0.25, 0.3) is 0 Å². The molecule has 0 aliphatic carbocycles. The predicted molar refractivity (Wildman–Crippen MR) is 106 cm³/mol. The highest BCUT2D eigenvalue weighted by Gasteiger charge is 2.31. The van der Waals surface area contributed by atoms with Gasteiger partial charge in [-0.25, -0.2) is 0 Å². The minimum absolute atomic E-state index is 0. The molecule has 2 aliphatic heterocycles. The number of amides is 1. The van der Waals surface area contributed by atoms with Gasteiger partial charge in [-0.1, -0.05) is 30.3 Å². The van der Waals surface area contributed by atoms with Gasteiger partial charge in [0.2, 0.25) is 5.91 Å². The van der Waals surface area contributed by atoms with Crippen molar-refractivity contribution in [1.29, 1.82) is 0 Å². The number of hydrogen-bond donors (Lipinski definition) is 0. The van der Waals surface area contributed by atoms with Gasteiger partial charge >= 0.3 is 0 Å². The van der Waals surface area contributed by atoms with Crippen molar-refractivity contribution in [2.75, 3.05) is 39.0 Å². The summed E-state index contributed by atoms with van der Waals surface area (Å²) in [4.78, 5) is 17.0. The van der Waals surface area contributed by atoms with Crippen LogP contribution >= 0.6 is 24.2 Å². The van der Waals surface area contributed by atoms with Crippen molar-refractivity contribution in [2.45, 2.75) is 37.2 Å². The Balaban J connectivity index is 0.00000225. The first-order chi connectivity index (χ1) is 11.8. The van der Waals surface area contributed by atoms with Gasteiger partial charge in [-0.3, -0.25) is 9.69 Å². The predicted octanol–water partition coefficient (Wildman–Crippen LogP) is 3.05. The maximum absolute atomic E-state index is 12.4. The molecule has 0 saturated carbocycles. The first-order valence-electron chi connectivity index (χ1n) is 8.92. The number of likely N-dealkylation sites (tertiary alicyclic amines) is 2. The summed E-state index contributed by atoms with van der Waals surface area (Å²) in [6.45, 7) is 4.01. The molecule has 25 heavy (non-hydrogen) atoms. The van der Waals surface area contributed by atoms with E-state index in [1.807, 2.05) is 13.2 Å². The van der Waals surface area contributed by atoms with E-state index in [0.717, 1.165) is 51.2 Å². The van der Waals surface area contributed by atoms with Gasteiger partial charge in [-0.15, -0.1) is 24.2 Å². The summed E-state index contributed by atoms with van der Waals surface area (Å²) in [5.74, 6) is 1.80. The summed E-state index contributed by atoms with van der Waals surface area (Å²) < 4.78 is 5.46. The van der Waals surface area contributed by atoms with E-state index in [1.165, 1.54) is 5.56 Å². The Bertz CT molecular complexity index is 523. The number of piperidine rings is 1. The lowest BCUT2D eigenvalue weighted by molar-refractivity contribution is -0.129. The van der Waals surface area contributed by atoms with Crippen LogP contribution < -0.4 is 0 Å². The van der Waals surface area contributed by atoms with Gasteiger partial charge < -0.3 is 9.64 Å². The normalized spacial score (nSPS) is 22.0. The van der Waals surface area contributed by atoms with E-state index in [-0.39, 0.29) is 12.4 Å². The second-order valence-corrected chi connectivity index (χ2v) is 7.72. The maximum Gasteiger partial charge on any atom is 0.232 e. The Labute approximate surface area is 161 Å². The quantitative estimate of drug-likeness (QED) is 0.754. The largest absolute Gasteiger partial charge is 0.380 e. The molecular weight excluding hydrogens is 356 g/mol. The lowest BCUT2D eigenvalue weighted by atomic mass is 10.0. The fourth-order valence-corrected chi connectivity index (χ4v) is 4.57. The highest BCUT2D eigenvalue weighted by Crippen LogP contribution is 2.23. The third-order valence-corrected chi connectivity index (χ3v) is 6.17. The lowest BCUT2D eigenvalue weighted by Crippen LogP contribution is -2.46. The van der Waals surface area contributed by atoms with Gasteiger partial charge in [0.25, 0.3) is 0 Å². The molecule has 0 N–H and O–H groups in total. The van der Waals surface area contributed by atoms with Crippen LogP contribution in [-0.2, 0) is 15.3 Å². The van der Waals surface area contributed by atoms with Crippen molar-refractivity contribution in [1.82, 2.24) is 9.80 Å². The Kier molecular flexibility index (Phi) is 8.56. The average molecular weight is 385 g/mol. The van der Waals surface area contributed by atoms with Gasteiger partial charge in [0.1, 0.15) is 0 Å². The first kappa shape index (κ1) is 20.6. The molecule has 2 aliphatic rings. The van der Waals surface area contributed by atoms with Crippen molar-refractivity contribution >= 4 is 30.1 Å². The van der Waals surface area contributed by atoms with Crippen LogP contribution in [0, 0.1) is 0 Å². The molecule has 0 aromatic heterocycles. The van der Waals surface area contributed by atoms with Crippen molar-refractivity contribution in [2.24, 2.45) is 0 Å². The molecule has 140 valence electrons. The highest BCUT2D eigenvalue weighted by molar-refractivity contribution is 7.99. The molecule has 6 heteroatoms. The maximum atomic E-state index is 12.4. The minimum atomic E-state index is 0. The zero-order chi connectivity index (χ0) is 16.8. The molecule has 2 saturated heterocycles. The summed E-state index contributed by atoms with van der Waals surface area (Å²) in [6, 6.07) is 11.0. The van der Waals surface area contributed by atoms with Crippen LogP contribution in [0.1, 0.15) is 24.8 Å². The molecule has 0 bridgehead atoms. The van der Waals surface area contributed by atoms with Crippen LogP contribution in [0.3, 0.4) is 0 Å². The van der Waals surface area contributed by atoms with Crippen molar-refractivity contribution in [3.8, 4) is 0 Å². The second kappa shape index (κ2) is 10.4. The number of nitrogens with zero attached hydrogens (tertiary/aromatic N) is 2. The number of methoxy groups -OCH3 is 1. The number of rotatable bonds is 6. The molecule has 2 fully saturated rings. The SMILES string of the molecule is COC1CCN(C2CCN(C(=O)CSCc3ccccc3)CC2)C1.Cl. The topological polar surface area (TPSA) is 32.8 Å². The molecule has 0 spiro atoms. The molecule has 1 aromatic rings. The van der Waals surface area contributed by atoms with Crippen LogP contribution in [0.2, 0.25) is 0 Å². The minimum Gasteiger partial charge on any atom is -0.380 e. The van der Waals surface area contributed by atoms with E-state index in [2.05, 4.69) is 34.1 Å². The summed E-state index contributed by atoms with van der Waals surface area (Å²) in [6.07, 6.45) is 3.75. The van der Waals surface area contributed by atoms with E-state index < -0.39 is 0 Å². The molecule has 4 nitrogen and oxygen atoms in total. The Morgan fingerprint density at radius 3 is 2.52 bits per heavy atom. The van der Waals surface area contributed by atoms with Gasteiger partial charge in [-0.05, 0) is 24.8 Å². The van der Waals surface area contributed by atoms with E-state index in [4.69, 9.17) is 4.74 Å². The molecule has 1 atom stereocenters. The summed E-state index contributed by atoms with van der Waals surface area (Å²) in [7, 11) is 1.81. The smallest absolute Gasteiger partial charge is 0.232 e. The van der Waals surface area contributed by atoms with Gasteiger partial charge in [0.15, 0.2) is 0 Å². The number of hydrogen-bond acceptors (Lipinski definition) is 4. The van der Waals surface area contributed by atoms with E-state index in [0.29, 0.717) is 23.8 Å². The Morgan fingerprint density at radius 2 is 1.88 bits per heavy atom. The number of carbonyl (C=O) groups is 1. The van der Waals surface area contributed by atoms with E-state index in [9.17, 15) is 4.79 Å². The number of ether oxygens (including phenoxy) is 1. The average Bonchev–Trinajstić information content (AvgIpc) is 3.12. The third kappa shape index (κ3) is 5.88. The zero-order valence-electron chi connectivity index (χ0n) is 14.9. The lowest BCUT2D eigenvalue weighted by Gasteiger charge is -2.36. The summed E-state index contributed by atoms with van der Waals surface area (Å²) in [5.41, 5.74) is 1.29. The third-order valence-electron chi connectivity index (χ3n) is 5.18. The number of thioether (sulfide) groups is 1. The molecular formula is C19H29ClN2O2S. The molecule has 0 radical (unpaired) electrons. The highest BCUT2D eigenvalue weighted by atomic mass is 35.5. The standard InChI is InChI=1S/C19H28N2O2S.ClH/c1-23-18-9-12-21(13-18)17-7-10-20(11-8-17)19(22)15-24-14-16-5-3-2-4-6-16;/h2-6,17-18H,7-15H2,1H3;1H. The van der Waals surface area contributed by atoms with Crippen molar-refractivity contribution in [3.63, 3.8) is 0 Å². The van der Waals surface area contributed by atoms with Crippen LogP contribution in [-0.4, -0.2) is 66.9 Å². The fourth-order valence-electron chi connectivity index (χ4n) is 3.68. The zero-order valence-corrected chi connectivity index (χ0v) is 16.6. The molecule has 1 unspecified atom stereocenters. The van der Waals surface area contributed by atoms with Gasteiger partial charge in [0.05, 0.1) is 11.9 Å². The van der Waals surface area contributed by atoms with Crippen LogP contribution in [0.4, 0.5) is 0 Å². The second-order valence-electron chi connectivity index (χ2n) is 6.73. The molecule has 1 amide bonds. The van der Waals surface area contributed by atoms with E-state index >= 15 is 0 Å². The van der Waals surface area contributed by atoms with Gasteiger partial charge in [-0.2, -0.15) is 0 Å². The number of benzene rings is 1. The van der Waals surface area contributed by atoms with Crippen molar-refractivity contribution < 1.29 is 9.53 Å². The monoisotopic (exact) mass is 384 g/mol. The van der Waals surface area contributed by atoms with Crippen LogP contribution in [0.15, 0.2) is 30.3 Å². The van der Waals surface area contributed by atoms with Crippen LogP contribution in [0.5, 0.6) is 0 Å². The summed E-state index contributed by atoms with van der Waals surface area (Å²) in [5, 5.41) is 0. The number of carbonyl (C=O) groups excluding carboxylic acids is 1. The first-order valence-corrected chi connectivity index (χ1v) is 10.1. The molecule has 1 aromatic carbocycles. The van der Waals surface area contributed by atoms with Gasteiger partial charge in [0, 0.05) is 45.1 Å². The molecule has 3 rings (SSSR count). The molecule has 2 heterocycles. The number of halogens is 1. The fraction of sp³-hybridized carbons (Fsp3) is 0.632. The van der Waals surface area contributed by atoms with E-state index in [1.54, 1.807) is 11.8 Å². The summed E-state index contributed by atoms with van der Waals surface area (Å²) >= 11 is 1.72. The Hall–Kier alpha value is -0.750. The Morgan fingerprint density at radius 1 is 1.16 bits per heavy atom. The van der Waals surface area contributed by atoms with Crippen molar-refractivity contribution in [3.05, 3.63) is 35.9 Å².